The Labute approximate surface area is 202 Å². The fourth-order valence-corrected chi connectivity index (χ4v) is 4.64. The molecule has 1 aromatic carbocycles. The van der Waals surface area contributed by atoms with Crippen molar-refractivity contribution in [3.8, 4) is 22.9 Å². The molecule has 8 heteroatoms. The van der Waals surface area contributed by atoms with E-state index >= 15 is 0 Å². The molecule has 4 rings (SSSR count). The molecular formula is C26H38N6O2. The molecule has 0 saturated carbocycles. The Morgan fingerprint density at radius 2 is 2.03 bits per heavy atom. The van der Waals surface area contributed by atoms with Gasteiger partial charge in [0, 0.05) is 37.4 Å². The topological polar surface area (TPSA) is 90.3 Å². The first-order valence-corrected chi connectivity index (χ1v) is 12.3. The van der Waals surface area contributed by atoms with Crippen LogP contribution in [0.2, 0.25) is 0 Å². The fourth-order valence-electron chi connectivity index (χ4n) is 4.64. The van der Waals surface area contributed by atoms with E-state index in [1.807, 2.05) is 38.2 Å². The van der Waals surface area contributed by atoms with Gasteiger partial charge in [0.1, 0.15) is 35.7 Å². The molecule has 2 atom stereocenters. The van der Waals surface area contributed by atoms with Gasteiger partial charge in [-0.2, -0.15) is 0 Å². The second kappa shape index (κ2) is 10.2. The lowest BCUT2D eigenvalue weighted by atomic mass is 9.96. The number of benzene rings is 1. The molecule has 2 aliphatic heterocycles. The van der Waals surface area contributed by atoms with Crippen molar-refractivity contribution in [2.75, 3.05) is 19.7 Å². The van der Waals surface area contributed by atoms with Gasteiger partial charge in [0.15, 0.2) is 5.84 Å². The number of ether oxygens (including phenoxy) is 2. The molecule has 184 valence electrons. The summed E-state index contributed by atoms with van der Waals surface area (Å²) in [7, 11) is 0. The number of hydrogen-bond acceptors (Lipinski definition) is 5. The molecular weight excluding hydrogens is 428 g/mol. The van der Waals surface area contributed by atoms with Crippen molar-refractivity contribution in [2.24, 2.45) is 21.6 Å². The second-order valence-electron chi connectivity index (χ2n) is 10.1. The maximum Gasteiger partial charge on any atom is 0.177 e. The van der Waals surface area contributed by atoms with Gasteiger partial charge in [-0.1, -0.05) is 6.92 Å². The number of nitrogens with zero attached hydrogens (tertiary/aromatic N) is 5. The van der Waals surface area contributed by atoms with E-state index in [-0.39, 0.29) is 12.1 Å². The summed E-state index contributed by atoms with van der Waals surface area (Å²) in [4.78, 5) is 16.4. The number of imidazole rings is 1. The summed E-state index contributed by atoms with van der Waals surface area (Å²) in [5, 5.41) is 0. The molecule has 0 amide bonds. The Morgan fingerprint density at radius 3 is 2.74 bits per heavy atom. The van der Waals surface area contributed by atoms with Crippen LogP contribution >= 0.6 is 0 Å². The monoisotopic (exact) mass is 466 g/mol. The molecule has 1 fully saturated rings. The van der Waals surface area contributed by atoms with Crippen molar-refractivity contribution >= 4 is 11.7 Å². The van der Waals surface area contributed by atoms with Crippen LogP contribution in [-0.4, -0.2) is 64.0 Å². The Kier molecular flexibility index (Phi) is 7.26. The Morgan fingerprint density at radius 1 is 1.24 bits per heavy atom. The summed E-state index contributed by atoms with van der Waals surface area (Å²) in [6, 6.07) is 6.68. The number of likely N-dealkylation sites (tertiary alicyclic amines) is 1. The zero-order valence-corrected chi connectivity index (χ0v) is 21.3. The molecule has 34 heavy (non-hydrogen) atoms. The number of fused-ring (bicyclic) bond motifs is 3. The molecule has 2 unspecified atom stereocenters. The zero-order chi connectivity index (χ0) is 24.4. The number of aliphatic imine (C=N–C) groups is 2. The molecule has 3 heterocycles. The second-order valence-corrected chi connectivity index (χ2v) is 10.1. The van der Waals surface area contributed by atoms with Crippen LogP contribution in [0.3, 0.4) is 0 Å². The van der Waals surface area contributed by atoms with Crippen molar-refractivity contribution in [3.05, 3.63) is 30.1 Å². The lowest BCUT2D eigenvalue weighted by molar-refractivity contribution is 0.0439. The van der Waals surface area contributed by atoms with Gasteiger partial charge in [-0.3, -0.25) is 9.89 Å². The first-order chi connectivity index (χ1) is 16.2. The number of aromatic nitrogens is 2. The number of hydrogen-bond donors (Lipinski definition) is 1. The van der Waals surface area contributed by atoms with E-state index in [4.69, 9.17) is 20.2 Å². The van der Waals surface area contributed by atoms with Gasteiger partial charge in [-0.25, -0.2) is 9.98 Å². The number of rotatable bonds is 5. The van der Waals surface area contributed by atoms with Gasteiger partial charge >= 0.3 is 0 Å². The van der Waals surface area contributed by atoms with Crippen LogP contribution in [0.4, 0.5) is 0 Å². The van der Waals surface area contributed by atoms with Crippen molar-refractivity contribution < 1.29 is 9.47 Å². The van der Waals surface area contributed by atoms with Crippen molar-refractivity contribution in [1.82, 2.24) is 14.5 Å². The smallest absolute Gasteiger partial charge is 0.177 e. The largest absolute Gasteiger partial charge is 0.491 e. The van der Waals surface area contributed by atoms with Gasteiger partial charge < -0.3 is 19.8 Å². The lowest BCUT2D eigenvalue weighted by Crippen LogP contribution is -2.47. The van der Waals surface area contributed by atoms with E-state index in [9.17, 15) is 0 Å². The number of amidine groups is 2. The third kappa shape index (κ3) is 5.60. The van der Waals surface area contributed by atoms with E-state index in [0.29, 0.717) is 42.5 Å². The van der Waals surface area contributed by atoms with Crippen LogP contribution in [0.25, 0.3) is 11.4 Å². The Hall–Kier alpha value is -2.87. The normalized spacial score (nSPS) is 21.8. The minimum atomic E-state index is 0.0871. The van der Waals surface area contributed by atoms with Crippen LogP contribution in [0.15, 0.2) is 34.4 Å². The van der Waals surface area contributed by atoms with Crippen LogP contribution < -0.4 is 15.2 Å². The van der Waals surface area contributed by atoms with E-state index in [0.717, 1.165) is 42.4 Å². The Balaban J connectivity index is 1.61. The molecule has 1 saturated heterocycles. The predicted molar refractivity (Wildman–Crippen MR) is 137 cm³/mol. The third-order valence-electron chi connectivity index (χ3n) is 6.13. The van der Waals surface area contributed by atoms with Crippen LogP contribution in [0, 0.1) is 5.92 Å². The quantitative estimate of drug-likeness (QED) is 0.532. The molecule has 2 N–H and O–H groups in total. The van der Waals surface area contributed by atoms with Gasteiger partial charge in [-0.15, -0.1) is 0 Å². The standard InChI is InChI=1S/C26H38N6O2/c1-16(2)28-25(29-19(6)27)23-15-31-9-10-33-24-12-20(7-8-22(24)26(31)30-23)34-21-11-18(5)13-32(14-21)17(3)4/h7-8,12,15-18,21H,9-11,13-14H2,1-6H3,(H2,27,28,29). The summed E-state index contributed by atoms with van der Waals surface area (Å²) in [5.41, 5.74) is 7.51. The van der Waals surface area contributed by atoms with E-state index in [1.54, 1.807) is 6.92 Å². The van der Waals surface area contributed by atoms with E-state index in [2.05, 4.69) is 40.2 Å². The molecule has 8 nitrogen and oxygen atoms in total. The lowest BCUT2D eigenvalue weighted by Gasteiger charge is -2.38. The minimum Gasteiger partial charge on any atom is -0.491 e. The highest BCUT2D eigenvalue weighted by Crippen LogP contribution is 2.36. The van der Waals surface area contributed by atoms with Gasteiger partial charge in [0.05, 0.1) is 17.9 Å². The summed E-state index contributed by atoms with van der Waals surface area (Å²) >= 11 is 0. The van der Waals surface area contributed by atoms with Crippen molar-refractivity contribution in [3.63, 3.8) is 0 Å². The minimum absolute atomic E-state index is 0.0871. The SMILES string of the molecule is CC(N)=NC(=NC(C)C)c1cn2c(n1)-c1ccc(OC3CC(C)CN(C(C)C)C3)cc1OCC2. The van der Waals surface area contributed by atoms with Crippen LogP contribution in [0.1, 0.15) is 53.7 Å². The van der Waals surface area contributed by atoms with Crippen molar-refractivity contribution in [2.45, 2.75) is 72.7 Å². The maximum atomic E-state index is 6.43. The van der Waals surface area contributed by atoms with Gasteiger partial charge in [0.2, 0.25) is 0 Å². The summed E-state index contributed by atoms with van der Waals surface area (Å²) in [6.07, 6.45) is 3.22. The molecule has 0 aliphatic carbocycles. The van der Waals surface area contributed by atoms with Crippen LogP contribution in [0.5, 0.6) is 11.5 Å². The van der Waals surface area contributed by atoms with Crippen molar-refractivity contribution in [1.29, 1.82) is 0 Å². The number of nitrogens with two attached hydrogens (primary N) is 1. The van der Waals surface area contributed by atoms with Gasteiger partial charge in [0.25, 0.3) is 0 Å². The molecule has 2 aliphatic rings. The summed E-state index contributed by atoms with van der Waals surface area (Å²) < 4.78 is 14.6. The first kappa shape index (κ1) is 24.3. The molecule has 2 aromatic rings. The zero-order valence-electron chi connectivity index (χ0n) is 21.3. The van der Waals surface area contributed by atoms with Gasteiger partial charge in [-0.05, 0) is 59.1 Å². The predicted octanol–water partition coefficient (Wildman–Crippen LogP) is 3.97. The molecule has 0 bridgehead atoms. The maximum absolute atomic E-state index is 6.43. The number of piperidine rings is 1. The average Bonchev–Trinajstić information content (AvgIpc) is 3.09. The molecule has 0 spiro atoms. The highest BCUT2D eigenvalue weighted by atomic mass is 16.5. The highest BCUT2D eigenvalue weighted by molar-refractivity contribution is 6.04. The average molecular weight is 467 g/mol. The Bertz CT molecular complexity index is 1070. The summed E-state index contributed by atoms with van der Waals surface area (Å²) in [6.45, 7) is 15.9. The summed E-state index contributed by atoms with van der Waals surface area (Å²) in [5.74, 6) is 4.10. The molecule has 0 radical (unpaired) electrons. The third-order valence-corrected chi connectivity index (χ3v) is 6.13. The molecule has 1 aromatic heterocycles. The first-order valence-electron chi connectivity index (χ1n) is 12.3. The van der Waals surface area contributed by atoms with E-state index < -0.39 is 0 Å². The van der Waals surface area contributed by atoms with E-state index in [1.165, 1.54) is 0 Å². The highest BCUT2D eigenvalue weighted by Gasteiger charge is 2.28. The fraction of sp³-hybridized carbons (Fsp3) is 0.577. The van der Waals surface area contributed by atoms with Crippen LogP contribution in [-0.2, 0) is 6.54 Å².